The molecule has 0 fully saturated rings. The molecule has 1 rings (SSSR count). The minimum Gasteiger partial charge on any atom is -0.337 e. The molecule has 0 atom stereocenters. The van der Waals surface area contributed by atoms with E-state index in [1.807, 2.05) is 24.3 Å². The molecule has 0 radical (unpaired) electrons. The maximum atomic E-state index is 12.5. The van der Waals surface area contributed by atoms with Crippen molar-refractivity contribution in [1.29, 1.82) is 10.5 Å². The van der Waals surface area contributed by atoms with Gasteiger partial charge in [-0.05, 0) is 24.6 Å². The first kappa shape index (κ1) is 15.7. The molecular weight excluding hydrogens is 252 g/mol. The Kier molecular flexibility index (Phi) is 6.81. The molecule has 5 heteroatoms. The number of nitrogens with zero attached hydrogens (tertiary/aromatic N) is 3. The van der Waals surface area contributed by atoms with E-state index in [1.165, 1.54) is 0 Å². The van der Waals surface area contributed by atoms with Gasteiger partial charge in [0.05, 0.1) is 25.0 Å². The van der Waals surface area contributed by atoms with E-state index < -0.39 is 0 Å². The molecule has 20 heavy (non-hydrogen) atoms. The van der Waals surface area contributed by atoms with Crippen molar-refractivity contribution in [2.45, 2.75) is 19.3 Å². The molecule has 2 N–H and O–H groups in total. The Morgan fingerprint density at radius 3 is 2.30 bits per heavy atom. The third kappa shape index (κ3) is 4.38. The molecule has 0 heterocycles. The maximum absolute atomic E-state index is 12.5. The van der Waals surface area contributed by atoms with Crippen molar-refractivity contribution < 1.29 is 4.79 Å². The maximum Gasteiger partial charge on any atom is 0.254 e. The van der Waals surface area contributed by atoms with Crippen LogP contribution in [0.25, 0.3) is 0 Å². The van der Waals surface area contributed by atoms with Gasteiger partial charge in [-0.15, -0.1) is 0 Å². The Hall–Kier alpha value is -2.37. The second-order valence-electron chi connectivity index (χ2n) is 4.30. The van der Waals surface area contributed by atoms with Gasteiger partial charge in [-0.1, -0.05) is 18.2 Å². The molecule has 0 spiro atoms. The molecule has 0 unspecified atom stereocenters. The van der Waals surface area contributed by atoms with Gasteiger partial charge in [0.1, 0.15) is 0 Å². The predicted molar refractivity (Wildman–Crippen MR) is 75.6 cm³/mol. The zero-order valence-electron chi connectivity index (χ0n) is 11.4. The van der Waals surface area contributed by atoms with E-state index in [4.69, 9.17) is 16.3 Å². The highest BCUT2D eigenvalue weighted by Crippen LogP contribution is 2.13. The van der Waals surface area contributed by atoms with E-state index in [9.17, 15) is 4.79 Å². The number of nitrogens with two attached hydrogens (primary N) is 1. The predicted octanol–water partition coefficient (Wildman–Crippen LogP) is 1.46. The SMILES string of the molecule is N#CCCN(CCC#N)C(=O)c1ccccc1CCN. The van der Waals surface area contributed by atoms with Crippen molar-refractivity contribution in [2.75, 3.05) is 19.6 Å². The summed E-state index contributed by atoms with van der Waals surface area (Å²) in [6, 6.07) is 11.4. The van der Waals surface area contributed by atoms with Crippen LogP contribution in [-0.2, 0) is 6.42 Å². The van der Waals surface area contributed by atoms with Crippen LogP contribution in [-0.4, -0.2) is 30.4 Å². The average molecular weight is 270 g/mol. The molecule has 0 bridgehead atoms. The lowest BCUT2D eigenvalue weighted by atomic mass is 10.0. The summed E-state index contributed by atoms with van der Waals surface area (Å²) < 4.78 is 0. The summed E-state index contributed by atoms with van der Waals surface area (Å²) in [5, 5.41) is 17.3. The van der Waals surface area contributed by atoms with Crippen LogP contribution >= 0.6 is 0 Å². The van der Waals surface area contributed by atoms with Crippen LogP contribution in [0.1, 0.15) is 28.8 Å². The molecule has 104 valence electrons. The van der Waals surface area contributed by atoms with E-state index in [0.717, 1.165) is 5.56 Å². The summed E-state index contributed by atoms with van der Waals surface area (Å²) in [4.78, 5) is 14.1. The number of nitriles is 2. The molecule has 1 aromatic carbocycles. The summed E-state index contributed by atoms with van der Waals surface area (Å²) in [5.74, 6) is -0.139. The molecule has 1 amide bonds. The van der Waals surface area contributed by atoms with Gasteiger partial charge < -0.3 is 10.6 Å². The van der Waals surface area contributed by atoms with Gasteiger partial charge in [-0.3, -0.25) is 4.79 Å². The molecule has 0 saturated heterocycles. The minimum atomic E-state index is -0.139. The second kappa shape index (κ2) is 8.68. The normalized spacial score (nSPS) is 9.55. The summed E-state index contributed by atoms with van der Waals surface area (Å²) in [7, 11) is 0. The number of rotatable bonds is 7. The van der Waals surface area contributed by atoms with Gasteiger partial charge in [0.2, 0.25) is 0 Å². The molecule has 5 nitrogen and oxygen atoms in total. The molecular formula is C15H18N4O. The summed E-state index contributed by atoms with van der Waals surface area (Å²) >= 11 is 0. The van der Waals surface area contributed by atoms with E-state index in [0.29, 0.717) is 31.6 Å². The first-order valence-corrected chi connectivity index (χ1v) is 6.55. The number of carbonyl (C=O) groups is 1. The van der Waals surface area contributed by atoms with Crippen molar-refractivity contribution in [3.63, 3.8) is 0 Å². The van der Waals surface area contributed by atoms with Crippen LogP contribution in [0.3, 0.4) is 0 Å². The highest BCUT2D eigenvalue weighted by molar-refractivity contribution is 5.95. The van der Waals surface area contributed by atoms with Gasteiger partial charge in [0.25, 0.3) is 5.91 Å². The first-order valence-electron chi connectivity index (χ1n) is 6.55. The number of carbonyl (C=O) groups excluding carboxylic acids is 1. The molecule has 0 aliphatic rings. The van der Waals surface area contributed by atoms with E-state index in [-0.39, 0.29) is 18.7 Å². The number of amides is 1. The fourth-order valence-corrected chi connectivity index (χ4v) is 1.96. The highest BCUT2D eigenvalue weighted by atomic mass is 16.2. The van der Waals surface area contributed by atoms with Gasteiger partial charge >= 0.3 is 0 Å². The Bertz CT molecular complexity index is 509. The van der Waals surface area contributed by atoms with Gasteiger partial charge in [0.15, 0.2) is 0 Å². The van der Waals surface area contributed by atoms with Gasteiger partial charge in [-0.2, -0.15) is 10.5 Å². The topological polar surface area (TPSA) is 93.9 Å². The summed E-state index contributed by atoms with van der Waals surface area (Å²) in [6.45, 7) is 1.16. The number of benzene rings is 1. The summed E-state index contributed by atoms with van der Waals surface area (Å²) in [6.07, 6.45) is 1.15. The van der Waals surface area contributed by atoms with Gasteiger partial charge in [-0.25, -0.2) is 0 Å². The van der Waals surface area contributed by atoms with E-state index in [2.05, 4.69) is 0 Å². The van der Waals surface area contributed by atoms with Crippen LogP contribution in [0, 0.1) is 22.7 Å². The smallest absolute Gasteiger partial charge is 0.254 e. The van der Waals surface area contributed by atoms with Gasteiger partial charge in [0, 0.05) is 18.7 Å². The fourth-order valence-electron chi connectivity index (χ4n) is 1.96. The van der Waals surface area contributed by atoms with Crippen LogP contribution < -0.4 is 5.73 Å². The Morgan fingerprint density at radius 2 is 1.75 bits per heavy atom. The van der Waals surface area contributed by atoms with Crippen molar-refractivity contribution >= 4 is 5.91 Å². The quantitative estimate of drug-likeness (QED) is 0.811. The van der Waals surface area contributed by atoms with Crippen LogP contribution in [0.15, 0.2) is 24.3 Å². The molecule has 1 aromatic rings. The lowest BCUT2D eigenvalue weighted by molar-refractivity contribution is 0.0761. The lowest BCUT2D eigenvalue weighted by Crippen LogP contribution is -2.33. The Labute approximate surface area is 119 Å². The first-order chi connectivity index (χ1) is 9.74. The van der Waals surface area contributed by atoms with Crippen LogP contribution in [0.5, 0.6) is 0 Å². The number of hydrogen-bond acceptors (Lipinski definition) is 4. The average Bonchev–Trinajstić information content (AvgIpc) is 2.48. The third-order valence-corrected chi connectivity index (χ3v) is 2.94. The standard InChI is InChI=1S/C15H18N4O/c16-8-3-11-19(12-4-9-17)15(20)14-6-2-1-5-13(14)7-10-18/h1-2,5-6H,3-4,7,10-12,18H2. The second-order valence-corrected chi connectivity index (χ2v) is 4.30. The van der Waals surface area contributed by atoms with Crippen molar-refractivity contribution in [1.82, 2.24) is 4.90 Å². The van der Waals surface area contributed by atoms with Crippen molar-refractivity contribution in [3.8, 4) is 12.1 Å². The van der Waals surface area contributed by atoms with E-state index >= 15 is 0 Å². The van der Waals surface area contributed by atoms with Crippen molar-refractivity contribution in [2.24, 2.45) is 5.73 Å². The third-order valence-electron chi connectivity index (χ3n) is 2.94. The molecule has 0 aromatic heterocycles. The largest absolute Gasteiger partial charge is 0.337 e. The highest BCUT2D eigenvalue weighted by Gasteiger charge is 2.17. The lowest BCUT2D eigenvalue weighted by Gasteiger charge is -2.21. The Balaban J connectivity index is 2.93. The van der Waals surface area contributed by atoms with Crippen molar-refractivity contribution in [3.05, 3.63) is 35.4 Å². The van der Waals surface area contributed by atoms with Crippen LogP contribution in [0.2, 0.25) is 0 Å². The zero-order valence-corrected chi connectivity index (χ0v) is 11.4. The minimum absolute atomic E-state index is 0.139. The summed E-state index contributed by atoms with van der Waals surface area (Å²) in [5.41, 5.74) is 7.06. The molecule has 0 saturated carbocycles. The molecule has 0 aliphatic carbocycles. The zero-order chi connectivity index (χ0) is 14.8. The van der Waals surface area contributed by atoms with E-state index in [1.54, 1.807) is 17.0 Å². The monoisotopic (exact) mass is 270 g/mol. The van der Waals surface area contributed by atoms with Crippen LogP contribution in [0.4, 0.5) is 0 Å². The molecule has 0 aliphatic heterocycles. The fraction of sp³-hybridized carbons (Fsp3) is 0.400. The Morgan fingerprint density at radius 1 is 1.15 bits per heavy atom. The number of hydrogen-bond donors (Lipinski definition) is 1.